The number of anilines is 2. The van der Waals surface area contributed by atoms with E-state index < -0.39 is 0 Å². The number of benzene rings is 2. The lowest BCUT2D eigenvalue weighted by molar-refractivity contribution is 0.218. The molecule has 0 saturated heterocycles. The molecular formula is C19H17Cl2N3OS. The van der Waals surface area contributed by atoms with Crippen LogP contribution >= 0.6 is 35.8 Å². The van der Waals surface area contributed by atoms with Gasteiger partial charge in [-0.25, -0.2) is 9.97 Å². The Balaban J connectivity index is 0.00000243. The van der Waals surface area contributed by atoms with E-state index in [0.29, 0.717) is 17.4 Å². The van der Waals surface area contributed by atoms with Crippen molar-refractivity contribution < 1.29 is 4.74 Å². The molecule has 1 aromatic heterocycles. The topological polar surface area (TPSA) is 47.0 Å². The van der Waals surface area contributed by atoms with Crippen molar-refractivity contribution in [2.75, 3.05) is 24.8 Å². The maximum absolute atomic E-state index is 6.43. The summed E-state index contributed by atoms with van der Waals surface area (Å²) in [6.45, 7) is 0.668. The second kappa shape index (κ2) is 9.65. The summed E-state index contributed by atoms with van der Waals surface area (Å²) < 4.78 is 5.08. The average molecular weight is 406 g/mol. The van der Waals surface area contributed by atoms with Crippen LogP contribution in [0.4, 0.5) is 11.5 Å². The Morgan fingerprint density at radius 1 is 1.27 bits per heavy atom. The van der Waals surface area contributed by atoms with E-state index in [0.717, 1.165) is 32.8 Å². The molecule has 0 aliphatic carbocycles. The van der Waals surface area contributed by atoms with E-state index >= 15 is 0 Å². The van der Waals surface area contributed by atoms with E-state index in [2.05, 4.69) is 21.2 Å². The number of ether oxygens (including phenoxy) is 1. The molecule has 3 rings (SSSR count). The van der Waals surface area contributed by atoms with Gasteiger partial charge in [-0.3, -0.25) is 0 Å². The molecule has 0 amide bonds. The molecule has 0 unspecified atom stereocenters. The normalized spacial score (nSPS) is 10.2. The van der Waals surface area contributed by atoms with Crippen LogP contribution < -0.4 is 5.32 Å². The lowest BCUT2D eigenvalue weighted by Crippen LogP contribution is -1.97. The number of rotatable bonds is 6. The highest BCUT2D eigenvalue weighted by Crippen LogP contribution is 2.33. The predicted octanol–water partition coefficient (Wildman–Crippen LogP) is 5.17. The van der Waals surface area contributed by atoms with Crippen LogP contribution in [-0.4, -0.2) is 29.4 Å². The number of terminal acetylenes is 1. The molecule has 134 valence electrons. The minimum atomic E-state index is 0. The van der Waals surface area contributed by atoms with Crippen molar-refractivity contribution in [1.82, 2.24) is 9.97 Å². The summed E-state index contributed by atoms with van der Waals surface area (Å²) in [4.78, 5) is 9.68. The molecule has 0 radical (unpaired) electrons. The van der Waals surface area contributed by atoms with Crippen LogP contribution in [0.5, 0.6) is 0 Å². The Morgan fingerprint density at radius 2 is 2.12 bits per heavy atom. The molecular weight excluding hydrogens is 389 g/mol. The third-order valence-corrected chi connectivity index (χ3v) is 4.97. The Hall–Kier alpha value is -1.97. The van der Waals surface area contributed by atoms with Gasteiger partial charge in [-0.15, -0.1) is 30.6 Å². The Labute approximate surface area is 168 Å². The van der Waals surface area contributed by atoms with Crippen LogP contribution in [0.15, 0.2) is 47.6 Å². The molecule has 0 aliphatic heterocycles. The first-order valence-electron chi connectivity index (χ1n) is 7.61. The van der Waals surface area contributed by atoms with Crippen molar-refractivity contribution in [3.05, 3.63) is 53.3 Å². The molecule has 0 aliphatic rings. The number of nitrogens with one attached hydrogen (secondary N) is 1. The summed E-state index contributed by atoms with van der Waals surface area (Å²) in [5.41, 5.74) is 2.50. The summed E-state index contributed by atoms with van der Waals surface area (Å²) in [7, 11) is 1.68. The largest absolute Gasteiger partial charge is 0.384 e. The van der Waals surface area contributed by atoms with Crippen molar-refractivity contribution in [2.24, 2.45) is 0 Å². The van der Waals surface area contributed by atoms with Crippen LogP contribution in [-0.2, 0) is 4.74 Å². The van der Waals surface area contributed by atoms with Gasteiger partial charge in [0.2, 0.25) is 0 Å². The molecule has 0 bridgehead atoms. The van der Waals surface area contributed by atoms with Crippen molar-refractivity contribution in [2.45, 2.75) is 4.90 Å². The number of hydrogen-bond acceptors (Lipinski definition) is 5. The van der Waals surface area contributed by atoms with Gasteiger partial charge in [-0.05, 0) is 30.3 Å². The van der Waals surface area contributed by atoms with Gasteiger partial charge in [0.05, 0.1) is 17.1 Å². The second-order valence-electron chi connectivity index (χ2n) is 5.21. The Morgan fingerprint density at radius 3 is 2.88 bits per heavy atom. The molecule has 26 heavy (non-hydrogen) atoms. The number of aromatic nitrogens is 2. The molecule has 3 aromatic rings. The molecule has 0 atom stereocenters. The van der Waals surface area contributed by atoms with Gasteiger partial charge in [-0.1, -0.05) is 23.6 Å². The van der Waals surface area contributed by atoms with Crippen LogP contribution in [0.1, 0.15) is 5.56 Å². The minimum Gasteiger partial charge on any atom is -0.384 e. The fourth-order valence-corrected chi connectivity index (χ4v) is 3.52. The third kappa shape index (κ3) is 4.80. The second-order valence-corrected chi connectivity index (χ2v) is 6.76. The Bertz CT molecular complexity index is 944. The fraction of sp³-hybridized carbons (Fsp3) is 0.158. The summed E-state index contributed by atoms with van der Waals surface area (Å²) >= 11 is 8.07. The van der Waals surface area contributed by atoms with Crippen LogP contribution in [0.3, 0.4) is 0 Å². The summed E-state index contributed by atoms with van der Waals surface area (Å²) in [5.74, 6) is 4.14. The zero-order valence-electron chi connectivity index (χ0n) is 14.0. The van der Waals surface area contributed by atoms with Gasteiger partial charge in [-0.2, -0.15) is 0 Å². The molecule has 0 spiro atoms. The van der Waals surface area contributed by atoms with E-state index in [1.807, 2.05) is 36.4 Å². The zero-order valence-corrected chi connectivity index (χ0v) is 16.4. The molecule has 7 heteroatoms. The first-order valence-corrected chi connectivity index (χ1v) is 8.97. The van der Waals surface area contributed by atoms with Crippen LogP contribution in [0.2, 0.25) is 5.02 Å². The van der Waals surface area contributed by atoms with Crippen LogP contribution in [0, 0.1) is 12.3 Å². The van der Waals surface area contributed by atoms with Crippen molar-refractivity contribution in [3.8, 4) is 12.3 Å². The minimum absolute atomic E-state index is 0. The molecule has 0 saturated carbocycles. The first-order chi connectivity index (χ1) is 12.2. The summed E-state index contributed by atoms with van der Waals surface area (Å²) in [6, 6.07) is 11.5. The summed E-state index contributed by atoms with van der Waals surface area (Å²) in [5, 5.41) is 4.81. The van der Waals surface area contributed by atoms with E-state index in [1.165, 1.54) is 6.33 Å². The van der Waals surface area contributed by atoms with E-state index in [-0.39, 0.29) is 12.4 Å². The highest BCUT2D eigenvalue weighted by molar-refractivity contribution is 7.99. The van der Waals surface area contributed by atoms with E-state index in [1.54, 1.807) is 18.9 Å². The lowest BCUT2D eigenvalue weighted by Gasteiger charge is -2.11. The van der Waals surface area contributed by atoms with Gasteiger partial charge < -0.3 is 10.1 Å². The van der Waals surface area contributed by atoms with Crippen LogP contribution in [0.25, 0.3) is 10.9 Å². The van der Waals surface area contributed by atoms with Gasteiger partial charge in [0, 0.05) is 34.4 Å². The molecule has 2 aromatic carbocycles. The average Bonchev–Trinajstić information content (AvgIpc) is 2.63. The van der Waals surface area contributed by atoms with E-state index in [4.69, 9.17) is 22.8 Å². The van der Waals surface area contributed by atoms with Gasteiger partial charge in [0.25, 0.3) is 0 Å². The number of hydrogen-bond donors (Lipinski definition) is 1. The first kappa shape index (κ1) is 20.3. The number of methoxy groups -OCH3 is 1. The third-order valence-electron chi connectivity index (χ3n) is 3.53. The number of thioether (sulfide) groups is 1. The monoisotopic (exact) mass is 405 g/mol. The fourth-order valence-electron chi connectivity index (χ4n) is 2.33. The molecule has 1 N–H and O–H groups in total. The van der Waals surface area contributed by atoms with Crippen molar-refractivity contribution in [3.63, 3.8) is 0 Å². The predicted molar refractivity (Wildman–Crippen MR) is 112 cm³/mol. The standard InChI is InChI=1S/C19H16ClN3OS.ClH/c1-3-13-5-4-6-14(9-13)23-19-15-10-16(20)18(25-8-7-24-2)11-17(15)21-12-22-19;/h1,4-6,9-12H,7-8H2,2H3,(H,21,22,23);1H. The highest BCUT2D eigenvalue weighted by Gasteiger charge is 2.10. The number of fused-ring (bicyclic) bond motifs is 1. The van der Waals surface area contributed by atoms with Gasteiger partial charge >= 0.3 is 0 Å². The maximum Gasteiger partial charge on any atom is 0.141 e. The van der Waals surface area contributed by atoms with Gasteiger partial charge in [0.15, 0.2) is 0 Å². The lowest BCUT2D eigenvalue weighted by atomic mass is 10.2. The number of halogens is 2. The zero-order chi connectivity index (χ0) is 17.6. The number of nitrogens with zero attached hydrogens (tertiary/aromatic N) is 2. The molecule has 0 fully saturated rings. The van der Waals surface area contributed by atoms with Gasteiger partial charge in [0.1, 0.15) is 12.1 Å². The van der Waals surface area contributed by atoms with Crippen molar-refractivity contribution in [1.29, 1.82) is 0 Å². The van der Waals surface area contributed by atoms with E-state index in [9.17, 15) is 0 Å². The highest BCUT2D eigenvalue weighted by atomic mass is 35.5. The molecule has 4 nitrogen and oxygen atoms in total. The quantitative estimate of drug-likeness (QED) is 0.348. The molecule has 1 heterocycles. The van der Waals surface area contributed by atoms with Crippen molar-refractivity contribution >= 4 is 58.2 Å². The summed E-state index contributed by atoms with van der Waals surface area (Å²) in [6.07, 6.45) is 6.99. The maximum atomic E-state index is 6.43. The SMILES string of the molecule is C#Cc1cccc(Nc2ncnc3cc(SCCOC)c(Cl)cc23)c1.Cl. The Kier molecular flexibility index (Phi) is 7.55. The smallest absolute Gasteiger partial charge is 0.141 e.